The van der Waals surface area contributed by atoms with E-state index in [1.54, 1.807) is 7.11 Å². The Hall–Kier alpha value is -0.900. The molecular formula is C15H26N2O. The summed E-state index contributed by atoms with van der Waals surface area (Å²) in [6, 6.07) is 7.06. The van der Waals surface area contributed by atoms with Crippen LogP contribution in [0, 0.1) is 13.8 Å². The molecule has 18 heavy (non-hydrogen) atoms. The molecule has 0 fully saturated rings. The first-order valence-electron chi connectivity index (χ1n) is 6.50. The molecule has 0 amide bonds. The van der Waals surface area contributed by atoms with Crippen molar-refractivity contribution in [2.75, 3.05) is 40.9 Å². The molecule has 0 aromatic heterocycles. The van der Waals surface area contributed by atoms with Gasteiger partial charge in [0.2, 0.25) is 0 Å². The molecule has 3 nitrogen and oxygen atoms in total. The topological polar surface area (TPSA) is 24.5 Å². The number of aryl methyl sites for hydroxylation is 2. The van der Waals surface area contributed by atoms with Gasteiger partial charge >= 0.3 is 0 Å². The number of methoxy groups -OCH3 is 1. The number of nitrogens with zero attached hydrogens (tertiary/aromatic N) is 1. The molecular weight excluding hydrogens is 224 g/mol. The van der Waals surface area contributed by atoms with Crippen LogP contribution in [0.2, 0.25) is 0 Å². The number of ether oxygens (including phenoxy) is 1. The Labute approximate surface area is 111 Å². The molecule has 0 saturated heterocycles. The van der Waals surface area contributed by atoms with Crippen LogP contribution in [-0.4, -0.2) is 45.8 Å². The third-order valence-electron chi connectivity index (χ3n) is 3.45. The van der Waals surface area contributed by atoms with Crippen molar-refractivity contribution in [3.8, 4) is 0 Å². The van der Waals surface area contributed by atoms with Crippen LogP contribution in [0.4, 0.5) is 0 Å². The van der Waals surface area contributed by atoms with Gasteiger partial charge < -0.3 is 15.0 Å². The molecule has 102 valence electrons. The van der Waals surface area contributed by atoms with E-state index in [2.05, 4.69) is 49.3 Å². The average Bonchev–Trinajstić information content (AvgIpc) is 2.37. The van der Waals surface area contributed by atoms with Gasteiger partial charge in [0.05, 0.1) is 6.61 Å². The average molecular weight is 250 g/mol. The Balaban J connectivity index is 2.67. The second-order valence-corrected chi connectivity index (χ2v) is 4.94. The lowest BCUT2D eigenvalue weighted by Crippen LogP contribution is -2.33. The maximum atomic E-state index is 5.11. The summed E-state index contributed by atoms with van der Waals surface area (Å²) in [5.74, 6) is 0. The van der Waals surface area contributed by atoms with Gasteiger partial charge in [0, 0.05) is 26.2 Å². The Morgan fingerprint density at radius 2 is 2.00 bits per heavy atom. The first kappa shape index (κ1) is 15.2. The second-order valence-electron chi connectivity index (χ2n) is 4.94. The van der Waals surface area contributed by atoms with Crippen molar-refractivity contribution in [2.45, 2.75) is 19.9 Å². The molecule has 0 bridgehead atoms. The van der Waals surface area contributed by atoms with Gasteiger partial charge in [0.25, 0.3) is 0 Å². The molecule has 0 aliphatic rings. The summed E-state index contributed by atoms with van der Waals surface area (Å²) in [4.78, 5) is 2.29. The van der Waals surface area contributed by atoms with E-state index in [0.29, 0.717) is 6.04 Å². The molecule has 0 spiro atoms. The monoisotopic (exact) mass is 250 g/mol. The zero-order valence-electron chi connectivity index (χ0n) is 12.3. The zero-order chi connectivity index (χ0) is 13.5. The van der Waals surface area contributed by atoms with Gasteiger partial charge in [-0.3, -0.25) is 0 Å². The van der Waals surface area contributed by atoms with Gasteiger partial charge in [0.15, 0.2) is 0 Å². The molecule has 0 heterocycles. The summed E-state index contributed by atoms with van der Waals surface area (Å²) in [6.45, 7) is 7.04. The van der Waals surface area contributed by atoms with Gasteiger partial charge in [-0.15, -0.1) is 0 Å². The van der Waals surface area contributed by atoms with Crippen molar-refractivity contribution in [1.82, 2.24) is 10.2 Å². The van der Waals surface area contributed by atoms with E-state index in [9.17, 15) is 0 Å². The van der Waals surface area contributed by atoms with Crippen LogP contribution in [0.25, 0.3) is 0 Å². The lowest BCUT2D eigenvalue weighted by Gasteiger charge is -2.24. The standard InChI is InChI=1S/C15H26N2O/c1-12-6-7-14(10-13(12)2)15(16-3)11-17(4)8-9-18-5/h6-7,10,15-16H,8-9,11H2,1-5H3. The van der Waals surface area contributed by atoms with E-state index < -0.39 is 0 Å². The van der Waals surface area contributed by atoms with Crippen molar-refractivity contribution in [3.05, 3.63) is 34.9 Å². The summed E-state index contributed by atoms with van der Waals surface area (Å²) in [7, 11) is 5.89. The largest absolute Gasteiger partial charge is 0.383 e. The molecule has 3 heteroatoms. The minimum atomic E-state index is 0.367. The summed E-state index contributed by atoms with van der Waals surface area (Å²) >= 11 is 0. The number of likely N-dealkylation sites (N-methyl/N-ethyl adjacent to an activating group) is 2. The van der Waals surface area contributed by atoms with Gasteiger partial charge in [-0.1, -0.05) is 18.2 Å². The lowest BCUT2D eigenvalue weighted by molar-refractivity contribution is 0.156. The summed E-state index contributed by atoms with van der Waals surface area (Å²) < 4.78 is 5.11. The molecule has 0 radical (unpaired) electrons. The first-order chi connectivity index (χ1) is 8.58. The van der Waals surface area contributed by atoms with Gasteiger partial charge in [-0.2, -0.15) is 0 Å². The highest BCUT2D eigenvalue weighted by Gasteiger charge is 2.12. The smallest absolute Gasteiger partial charge is 0.0589 e. The molecule has 1 atom stereocenters. The van der Waals surface area contributed by atoms with Gasteiger partial charge in [-0.25, -0.2) is 0 Å². The number of hydrogen-bond acceptors (Lipinski definition) is 3. The highest BCUT2D eigenvalue weighted by Crippen LogP contribution is 2.17. The number of benzene rings is 1. The molecule has 1 unspecified atom stereocenters. The number of nitrogens with one attached hydrogen (secondary N) is 1. The van der Waals surface area contributed by atoms with Crippen LogP contribution in [0.3, 0.4) is 0 Å². The van der Waals surface area contributed by atoms with E-state index in [0.717, 1.165) is 19.7 Å². The Bertz CT molecular complexity index is 366. The first-order valence-corrected chi connectivity index (χ1v) is 6.50. The maximum absolute atomic E-state index is 5.11. The molecule has 1 rings (SSSR count). The van der Waals surface area contributed by atoms with E-state index in [-0.39, 0.29) is 0 Å². The predicted molar refractivity (Wildman–Crippen MR) is 77.1 cm³/mol. The van der Waals surface area contributed by atoms with Crippen LogP contribution in [0.5, 0.6) is 0 Å². The fourth-order valence-electron chi connectivity index (χ4n) is 1.99. The summed E-state index contributed by atoms with van der Waals surface area (Å²) in [5, 5.41) is 3.39. The van der Waals surface area contributed by atoms with Crippen LogP contribution in [0.1, 0.15) is 22.7 Å². The van der Waals surface area contributed by atoms with Gasteiger partial charge in [0.1, 0.15) is 0 Å². The lowest BCUT2D eigenvalue weighted by atomic mass is 10.0. The number of hydrogen-bond donors (Lipinski definition) is 1. The van der Waals surface area contributed by atoms with Crippen LogP contribution in [-0.2, 0) is 4.74 Å². The SMILES string of the molecule is CNC(CN(C)CCOC)c1ccc(C)c(C)c1. The van der Waals surface area contributed by atoms with Crippen molar-refractivity contribution in [2.24, 2.45) is 0 Å². The van der Waals surface area contributed by atoms with E-state index in [4.69, 9.17) is 4.74 Å². The van der Waals surface area contributed by atoms with E-state index in [1.807, 2.05) is 7.05 Å². The van der Waals surface area contributed by atoms with Crippen molar-refractivity contribution in [1.29, 1.82) is 0 Å². The fraction of sp³-hybridized carbons (Fsp3) is 0.600. The molecule has 1 aromatic carbocycles. The molecule has 0 aliphatic carbocycles. The van der Waals surface area contributed by atoms with Crippen molar-refractivity contribution >= 4 is 0 Å². The third-order valence-corrected chi connectivity index (χ3v) is 3.45. The number of rotatable bonds is 7. The maximum Gasteiger partial charge on any atom is 0.0589 e. The van der Waals surface area contributed by atoms with Crippen LogP contribution >= 0.6 is 0 Å². The predicted octanol–water partition coefficient (Wildman–Crippen LogP) is 2.14. The Kier molecular flexibility index (Phi) is 6.33. The molecule has 0 aliphatic heterocycles. The Morgan fingerprint density at radius 3 is 2.56 bits per heavy atom. The Morgan fingerprint density at radius 1 is 1.28 bits per heavy atom. The summed E-state index contributed by atoms with van der Waals surface area (Å²) in [6.07, 6.45) is 0. The van der Waals surface area contributed by atoms with Crippen molar-refractivity contribution in [3.63, 3.8) is 0 Å². The minimum absolute atomic E-state index is 0.367. The minimum Gasteiger partial charge on any atom is -0.383 e. The molecule has 1 N–H and O–H groups in total. The van der Waals surface area contributed by atoms with Crippen LogP contribution < -0.4 is 5.32 Å². The quantitative estimate of drug-likeness (QED) is 0.802. The molecule has 0 saturated carbocycles. The van der Waals surface area contributed by atoms with Crippen LogP contribution in [0.15, 0.2) is 18.2 Å². The highest BCUT2D eigenvalue weighted by molar-refractivity contribution is 5.31. The summed E-state index contributed by atoms with van der Waals surface area (Å²) in [5.41, 5.74) is 4.05. The fourth-order valence-corrected chi connectivity index (χ4v) is 1.99. The van der Waals surface area contributed by atoms with E-state index in [1.165, 1.54) is 16.7 Å². The highest BCUT2D eigenvalue weighted by atomic mass is 16.5. The molecule has 1 aromatic rings. The van der Waals surface area contributed by atoms with Crippen molar-refractivity contribution < 1.29 is 4.74 Å². The zero-order valence-corrected chi connectivity index (χ0v) is 12.3. The van der Waals surface area contributed by atoms with E-state index >= 15 is 0 Å². The third kappa shape index (κ3) is 4.41. The normalized spacial score (nSPS) is 13.0. The second kappa shape index (κ2) is 7.52. The van der Waals surface area contributed by atoms with Gasteiger partial charge in [-0.05, 0) is 44.6 Å².